The van der Waals surface area contributed by atoms with Gasteiger partial charge < -0.3 is 14.8 Å². The topological polar surface area (TPSA) is 30.5 Å². The Kier molecular flexibility index (Phi) is 4.61. The lowest BCUT2D eigenvalue weighted by Crippen LogP contribution is -2.50. The molecule has 0 radical (unpaired) electrons. The lowest BCUT2D eigenvalue weighted by atomic mass is 9.85. The number of hydrogen-bond donors (Lipinski definition) is 1. The van der Waals surface area contributed by atoms with E-state index in [4.69, 9.17) is 9.47 Å². The van der Waals surface area contributed by atoms with Crippen molar-refractivity contribution in [3.63, 3.8) is 0 Å². The molecule has 0 fully saturated rings. The van der Waals surface area contributed by atoms with Crippen LogP contribution >= 0.6 is 0 Å². The number of nitrogens with one attached hydrogen (secondary N) is 1. The van der Waals surface area contributed by atoms with E-state index in [9.17, 15) is 0 Å². The molecule has 1 aliphatic rings. The van der Waals surface area contributed by atoms with Crippen molar-refractivity contribution >= 4 is 0 Å². The van der Waals surface area contributed by atoms with Gasteiger partial charge in [-0.25, -0.2) is 0 Å². The minimum absolute atomic E-state index is 0.152. The van der Waals surface area contributed by atoms with Crippen LogP contribution in [0.4, 0.5) is 0 Å². The molecule has 0 amide bonds. The normalized spacial score (nSPS) is 22.5. The molecular formula is C12H23NO2. The van der Waals surface area contributed by atoms with Gasteiger partial charge in [0.05, 0.1) is 24.5 Å². The highest BCUT2D eigenvalue weighted by Gasteiger charge is 2.34. The number of methoxy groups -OCH3 is 1. The first-order valence-corrected chi connectivity index (χ1v) is 5.71. The Morgan fingerprint density at radius 3 is 2.80 bits per heavy atom. The maximum atomic E-state index is 5.63. The highest BCUT2D eigenvalue weighted by atomic mass is 16.5. The first-order chi connectivity index (χ1) is 7.18. The van der Waals surface area contributed by atoms with Crippen molar-refractivity contribution in [1.82, 2.24) is 5.32 Å². The van der Waals surface area contributed by atoms with Gasteiger partial charge in [-0.2, -0.15) is 0 Å². The summed E-state index contributed by atoms with van der Waals surface area (Å²) in [7, 11) is 3.76. The molecule has 1 aliphatic heterocycles. The SMILES string of the molecule is CCC(C)(OC)C(NC)C1=COCCC1. The fourth-order valence-electron chi connectivity index (χ4n) is 2.15. The summed E-state index contributed by atoms with van der Waals surface area (Å²) in [5.74, 6) is 0. The van der Waals surface area contributed by atoms with Gasteiger partial charge in [-0.1, -0.05) is 6.92 Å². The molecular weight excluding hydrogens is 190 g/mol. The van der Waals surface area contributed by atoms with Crippen LogP contribution in [0.1, 0.15) is 33.1 Å². The van der Waals surface area contributed by atoms with E-state index in [0.29, 0.717) is 0 Å². The quantitative estimate of drug-likeness (QED) is 0.758. The van der Waals surface area contributed by atoms with Crippen LogP contribution in [0, 0.1) is 0 Å². The predicted octanol–water partition coefficient (Wildman–Crippen LogP) is 2.08. The van der Waals surface area contributed by atoms with Crippen molar-refractivity contribution < 1.29 is 9.47 Å². The van der Waals surface area contributed by atoms with E-state index < -0.39 is 0 Å². The molecule has 0 aliphatic carbocycles. The molecule has 3 nitrogen and oxygen atoms in total. The molecule has 0 saturated carbocycles. The predicted molar refractivity (Wildman–Crippen MR) is 61.8 cm³/mol. The molecule has 1 heterocycles. The molecule has 0 spiro atoms. The monoisotopic (exact) mass is 213 g/mol. The molecule has 0 bridgehead atoms. The standard InChI is InChI=1S/C12H23NO2/c1-5-12(2,14-4)11(13-3)10-7-6-8-15-9-10/h9,11,13H,5-8H2,1-4H3. The molecule has 3 heteroatoms. The summed E-state index contributed by atoms with van der Waals surface area (Å²) in [6, 6.07) is 0.243. The van der Waals surface area contributed by atoms with Gasteiger partial charge in [0.25, 0.3) is 0 Å². The number of rotatable bonds is 5. The first-order valence-electron chi connectivity index (χ1n) is 5.71. The highest BCUT2D eigenvalue weighted by molar-refractivity contribution is 5.16. The van der Waals surface area contributed by atoms with Crippen LogP contribution in [-0.2, 0) is 9.47 Å². The summed E-state index contributed by atoms with van der Waals surface area (Å²) in [6.45, 7) is 5.14. The van der Waals surface area contributed by atoms with Crippen LogP contribution in [0.2, 0.25) is 0 Å². The van der Waals surface area contributed by atoms with Crippen LogP contribution in [-0.4, -0.2) is 32.4 Å². The van der Waals surface area contributed by atoms with E-state index in [1.54, 1.807) is 7.11 Å². The minimum Gasteiger partial charge on any atom is -0.501 e. The van der Waals surface area contributed by atoms with Crippen LogP contribution in [0.15, 0.2) is 11.8 Å². The molecule has 2 atom stereocenters. The zero-order valence-corrected chi connectivity index (χ0v) is 10.3. The van der Waals surface area contributed by atoms with E-state index in [1.165, 1.54) is 5.57 Å². The van der Waals surface area contributed by atoms with E-state index in [1.807, 2.05) is 13.3 Å². The second-order valence-electron chi connectivity index (χ2n) is 4.26. The second kappa shape index (κ2) is 5.52. The molecule has 88 valence electrons. The van der Waals surface area contributed by atoms with E-state index in [-0.39, 0.29) is 11.6 Å². The average molecular weight is 213 g/mol. The Bertz CT molecular complexity index is 222. The number of ether oxygens (including phenoxy) is 2. The third kappa shape index (κ3) is 2.73. The van der Waals surface area contributed by atoms with E-state index in [0.717, 1.165) is 25.9 Å². The molecule has 0 aromatic heterocycles. The fourth-order valence-corrected chi connectivity index (χ4v) is 2.15. The molecule has 0 saturated heterocycles. The largest absolute Gasteiger partial charge is 0.501 e. The minimum atomic E-state index is -0.152. The van der Waals surface area contributed by atoms with Gasteiger partial charge in [0.2, 0.25) is 0 Å². The van der Waals surface area contributed by atoms with Gasteiger partial charge in [-0.15, -0.1) is 0 Å². The van der Waals surface area contributed by atoms with Crippen molar-refractivity contribution in [1.29, 1.82) is 0 Å². The van der Waals surface area contributed by atoms with E-state index >= 15 is 0 Å². The van der Waals surface area contributed by atoms with E-state index in [2.05, 4.69) is 19.2 Å². The Morgan fingerprint density at radius 1 is 1.67 bits per heavy atom. The lowest BCUT2D eigenvalue weighted by molar-refractivity contribution is -0.0199. The number of likely N-dealkylation sites (N-methyl/N-ethyl adjacent to an activating group) is 1. The van der Waals surface area contributed by atoms with Crippen LogP contribution < -0.4 is 5.32 Å². The van der Waals surface area contributed by atoms with Gasteiger partial charge in [0, 0.05) is 7.11 Å². The third-order valence-electron chi connectivity index (χ3n) is 3.40. The Morgan fingerprint density at radius 2 is 2.40 bits per heavy atom. The van der Waals surface area contributed by atoms with Crippen molar-refractivity contribution in [2.45, 2.75) is 44.8 Å². The highest BCUT2D eigenvalue weighted by Crippen LogP contribution is 2.28. The molecule has 1 N–H and O–H groups in total. The average Bonchev–Trinajstić information content (AvgIpc) is 2.31. The van der Waals surface area contributed by atoms with Gasteiger partial charge in [0.15, 0.2) is 0 Å². The first kappa shape index (κ1) is 12.5. The van der Waals surface area contributed by atoms with Gasteiger partial charge in [-0.3, -0.25) is 0 Å². The van der Waals surface area contributed by atoms with Gasteiger partial charge in [0.1, 0.15) is 0 Å². The lowest BCUT2D eigenvalue weighted by Gasteiger charge is -2.37. The molecule has 0 aromatic carbocycles. The van der Waals surface area contributed by atoms with Crippen LogP contribution in [0.3, 0.4) is 0 Å². The van der Waals surface area contributed by atoms with Crippen molar-refractivity contribution in [3.05, 3.63) is 11.8 Å². The van der Waals surface area contributed by atoms with Crippen LogP contribution in [0.5, 0.6) is 0 Å². The zero-order valence-electron chi connectivity index (χ0n) is 10.3. The maximum Gasteiger partial charge on any atom is 0.0876 e. The van der Waals surface area contributed by atoms with Gasteiger partial charge in [-0.05, 0) is 38.8 Å². The van der Waals surface area contributed by atoms with Crippen molar-refractivity contribution in [2.24, 2.45) is 0 Å². The zero-order chi connectivity index (χ0) is 11.3. The third-order valence-corrected chi connectivity index (χ3v) is 3.40. The summed E-state index contributed by atoms with van der Waals surface area (Å²) < 4.78 is 11.0. The van der Waals surface area contributed by atoms with Crippen molar-refractivity contribution in [3.8, 4) is 0 Å². The molecule has 0 aromatic rings. The Balaban J connectivity index is 2.81. The smallest absolute Gasteiger partial charge is 0.0876 e. The summed E-state index contributed by atoms with van der Waals surface area (Å²) in [5.41, 5.74) is 1.16. The summed E-state index contributed by atoms with van der Waals surface area (Å²) >= 11 is 0. The summed E-state index contributed by atoms with van der Waals surface area (Å²) in [6.07, 6.45) is 5.09. The Labute approximate surface area is 92.8 Å². The maximum absolute atomic E-state index is 5.63. The van der Waals surface area contributed by atoms with Crippen molar-refractivity contribution in [2.75, 3.05) is 20.8 Å². The second-order valence-corrected chi connectivity index (χ2v) is 4.26. The Hall–Kier alpha value is -0.540. The molecule has 15 heavy (non-hydrogen) atoms. The molecule has 1 rings (SSSR count). The summed E-state index contributed by atoms with van der Waals surface area (Å²) in [4.78, 5) is 0. The van der Waals surface area contributed by atoms with Gasteiger partial charge >= 0.3 is 0 Å². The van der Waals surface area contributed by atoms with Crippen LogP contribution in [0.25, 0.3) is 0 Å². The summed E-state index contributed by atoms with van der Waals surface area (Å²) in [5, 5.41) is 3.34. The number of hydrogen-bond acceptors (Lipinski definition) is 3. The molecule has 2 unspecified atom stereocenters. The fraction of sp³-hybridized carbons (Fsp3) is 0.833.